The van der Waals surface area contributed by atoms with Gasteiger partial charge in [-0.15, -0.1) is 11.8 Å². The molecule has 2 amide bonds. The summed E-state index contributed by atoms with van der Waals surface area (Å²) in [5, 5.41) is 6.78. The highest BCUT2D eigenvalue weighted by Crippen LogP contribution is 2.35. The Labute approximate surface area is 270 Å². The van der Waals surface area contributed by atoms with Crippen molar-refractivity contribution in [3.05, 3.63) is 118 Å². The topological polar surface area (TPSA) is 131 Å². The number of benzene rings is 2. The largest absolute Gasteiger partial charge is 0.491 e. The number of rotatable bonds is 15. The average Bonchev–Trinajstić information content (AvgIpc) is 3.04. The third kappa shape index (κ3) is 10.3. The van der Waals surface area contributed by atoms with Gasteiger partial charge in [-0.1, -0.05) is 59.6 Å². The van der Waals surface area contributed by atoms with E-state index >= 15 is 0 Å². The number of nitrogens with two attached hydrogens (primary N) is 1. The smallest absolute Gasteiger partial charge is 0.252 e. The normalized spacial score (nSPS) is 10.9. The molecular formula is C32H32Cl2N6O3S. The van der Waals surface area contributed by atoms with E-state index in [2.05, 4.69) is 21.0 Å². The highest BCUT2D eigenvalue weighted by atomic mass is 35.5. The second-order valence-corrected chi connectivity index (χ2v) is 11.2. The lowest BCUT2D eigenvalue weighted by molar-refractivity contribution is -0.116. The molecule has 0 saturated heterocycles. The van der Waals surface area contributed by atoms with Crippen LogP contribution >= 0.6 is 35.0 Å². The number of nitrogens with one attached hydrogen (secondary N) is 3. The molecule has 4 rings (SSSR count). The quantitative estimate of drug-likeness (QED) is 0.0409. The molecule has 44 heavy (non-hydrogen) atoms. The first kappa shape index (κ1) is 32.8. The molecule has 0 aliphatic carbocycles. The number of nitrogens with zero attached hydrogens (tertiary/aromatic N) is 2. The van der Waals surface area contributed by atoms with Crippen LogP contribution in [0.25, 0.3) is 6.08 Å². The SMILES string of the molecule is NNc1ccc(C(=O)NCCCNC(=O)C=Cc2nc(CSc3c(Cl)cccc3Cl)ccc2OCCc2ccccc2)cn1. The standard InChI is InChI=1S/C32H32Cl2N6O3S/c33-25-8-4-9-26(34)31(25)44-21-24-11-13-28(43-19-16-22-6-2-1-3-7-22)27(39-24)12-15-30(41)36-17-5-18-37-32(42)23-10-14-29(40-35)38-20-23/h1-4,6-15,20H,5,16-19,21,35H2,(H,36,41)(H,37,42)(H,38,40). The molecule has 12 heteroatoms. The molecule has 0 aliphatic rings. The van der Waals surface area contributed by atoms with Crippen molar-refractivity contribution in [1.29, 1.82) is 0 Å². The van der Waals surface area contributed by atoms with E-state index in [-0.39, 0.29) is 11.8 Å². The maximum Gasteiger partial charge on any atom is 0.252 e. The van der Waals surface area contributed by atoms with Crippen LogP contribution in [0.2, 0.25) is 10.0 Å². The lowest BCUT2D eigenvalue weighted by atomic mass is 10.2. The van der Waals surface area contributed by atoms with Gasteiger partial charge in [0, 0.05) is 42.4 Å². The fourth-order valence-corrected chi connectivity index (χ4v) is 5.54. The van der Waals surface area contributed by atoms with Crippen LogP contribution in [0.15, 0.2) is 90.0 Å². The number of aromatic nitrogens is 2. The molecule has 0 saturated carbocycles. The Morgan fingerprint density at radius 2 is 1.70 bits per heavy atom. The number of hydrogen-bond donors (Lipinski definition) is 4. The fourth-order valence-electron chi connectivity index (χ4n) is 3.95. The van der Waals surface area contributed by atoms with Gasteiger partial charge in [0.1, 0.15) is 17.3 Å². The van der Waals surface area contributed by atoms with Crippen molar-refractivity contribution in [3.63, 3.8) is 0 Å². The number of nitrogen functional groups attached to an aromatic ring is 1. The zero-order chi connectivity index (χ0) is 31.1. The van der Waals surface area contributed by atoms with Crippen LogP contribution in [0, 0.1) is 0 Å². The summed E-state index contributed by atoms with van der Waals surface area (Å²) in [7, 11) is 0. The van der Waals surface area contributed by atoms with Gasteiger partial charge >= 0.3 is 0 Å². The Morgan fingerprint density at radius 3 is 2.43 bits per heavy atom. The molecule has 5 N–H and O–H groups in total. The first-order chi connectivity index (χ1) is 21.4. The number of ether oxygens (including phenoxy) is 1. The second-order valence-electron chi connectivity index (χ2n) is 9.42. The van der Waals surface area contributed by atoms with Gasteiger partial charge in [0.15, 0.2) is 0 Å². The van der Waals surface area contributed by atoms with Crippen molar-refractivity contribution in [2.75, 3.05) is 25.1 Å². The summed E-state index contributed by atoms with van der Waals surface area (Å²) < 4.78 is 6.07. The molecule has 0 bridgehead atoms. The van der Waals surface area contributed by atoms with Crippen molar-refractivity contribution >= 4 is 58.7 Å². The number of anilines is 1. The first-order valence-electron chi connectivity index (χ1n) is 13.8. The van der Waals surface area contributed by atoms with Crippen LogP contribution in [0.4, 0.5) is 5.82 Å². The molecule has 228 valence electrons. The van der Waals surface area contributed by atoms with Crippen molar-refractivity contribution in [2.45, 2.75) is 23.5 Å². The summed E-state index contributed by atoms with van der Waals surface area (Å²) in [4.78, 5) is 34.4. The Morgan fingerprint density at radius 1 is 0.932 bits per heavy atom. The summed E-state index contributed by atoms with van der Waals surface area (Å²) >= 11 is 14.1. The third-order valence-corrected chi connectivity index (χ3v) is 8.25. The van der Waals surface area contributed by atoms with Gasteiger partial charge in [-0.25, -0.2) is 15.8 Å². The third-order valence-electron chi connectivity index (χ3n) is 6.22. The van der Waals surface area contributed by atoms with Gasteiger partial charge in [-0.2, -0.15) is 0 Å². The molecule has 0 fully saturated rings. The highest BCUT2D eigenvalue weighted by molar-refractivity contribution is 7.98. The summed E-state index contributed by atoms with van der Waals surface area (Å²) in [5.41, 5.74) is 5.31. The molecule has 2 heterocycles. The van der Waals surface area contributed by atoms with Gasteiger partial charge < -0.3 is 20.8 Å². The van der Waals surface area contributed by atoms with Gasteiger partial charge in [0.05, 0.1) is 27.9 Å². The zero-order valence-corrected chi connectivity index (χ0v) is 26.1. The molecule has 9 nitrogen and oxygen atoms in total. The van der Waals surface area contributed by atoms with Crippen molar-refractivity contribution < 1.29 is 14.3 Å². The van der Waals surface area contributed by atoms with Crippen LogP contribution in [-0.2, 0) is 17.0 Å². The number of carbonyl (C=O) groups excluding carboxylic acids is 2. The minimum Gasteiger partial charge on any atom is -0.491 e. The molecule has 4 aromatic rings. The number of carbonyl (C=O) groups is 2. The average molecular weight is 652 g/mol. The Bertz CT molecular complexity index is 1550. The van der Waals surface area contributed by atoms with E-state index in [0.717, 1.165) is 22.6 Å². The molecule has 0 atom stereocenters. The molecule has 2 aromatic heterocycles. The maximum absolute atomic E-state index is 12.6. The molecular weight excluding hydrogens is 619 g/mol. The van der Waals surface area contributed by atoms with Crippen molar-refractivity contribution in [3.8, 4) is 5.75 Å². The van der Waals surface area contributed by atoms with Crippen LogP contribution in [-0.4, -0.2) is 41.5 Å². The fraction of sp³-hybridized carbons (Fsp3) is 0.188. The number of pyridine rings is 2. The van der Waals surface area contributed by atoms with Crippen LogP contribution in [0.5, 0.6) is 5.75 Å². The van der Waals surface area contributed by atoms with Gasteiger partial charge in [0.25, 0.3) is 5.91 Å². The first-order valence-corrected chi connectivity index (χ1v) is 15.6. The molecule has 0 spiro atoms. The second kappa shape index (κ2) is 17.3. The van der Waals surface area contributed by atoms with Crippen LogP contribution < -0.4 is 26.6 Å². The van der Waals surface area contributed by atoms with Crippen LogP contribution in [0.3, 0.4) is 0 Å². The lowest BCUT2D eigenvalue weighted by Crippen LogP contribution is -2.29. The van der Waals surface area contributed by atoms with E-state index in [1.54, 1.807) is 36.4 Å². The van der Waals surface area contributed by atoms with Crippen molar-refractivity contribution in [1.82, 2.24) is 20.6 Å². The maximum atomic E-state index is 12.6. The summed E-state index contributed by atoms with van der Waals surface area (Å²) in [6.07, 6.45) is 5.77. The molecule has 0 unspecified atom stereocenters. The monoisotopic (exact) mass is 650 g/mol. The summed E-state index contributed by atoms with van der Waals surface area (Å²) in [6.45, 7) is 1.22. The number of amides is 2. The van der Waals surface area contributed by atoms with E-state index in [1.165, 1.54) is 24.0 Å². The molecule has 0 aliphatic heterocycles. The Hall–Kier alpha value is -4.09. The number of thioether (sulfide) groups is 1. The van der Waals surface area contributed by atoms with Gasteiger partial charge in [-0.3, -0.25) is 9.59 Å². The zero-order valence-electron chi connectivity index (χ0n) is 23.8. The minimum atomic E-state index is -0.287. The van der Waals surface area contributed by atoms with E-state index < -0.39 is 0 Å². The Balaban J connectivity index is 1.32. The highest BCUT2D eigenvalue weighted by Gasteiger charge is 2.11. The lowest BCUT2D eigenvalue weighted by Gasteiger charge is -2.11. The molecule has 0 radical (unpaired) electrons. The van der Waals surface area contributed by atoms with Gasteiger partial charge in [-0.05, 0) is 54.5 Å². The number of halogens is 2. The van der Waals surface area contributed by atoms with Gasteiger partial charge in [0.2, 0.25) is 5.91 Å². The Kier molecular flexibility index (Phi) is 12.9. The van der Waals surface area contributed by atoms with E-state index in [1.807, 2.05) is 42.5 Å². The van der Waals surface area contributed by atoms with Crippen molar-refractivity contribution in [2.24, 2.45) is 5.84 Å². The van der Waals surface area contributed by atoms with E-state index in [9.17, 15) is 9.59 Å². The number of hydrogen-bond acceptors (Lipinski definition) is 8. The summed E-state index contributed by atoms with van der Waals surface area (Å²) in [6, 6.07) is 22.4. The predicted molar refractivity (Wildman–Crippen MR) is 177 cm³/mol. The van der Waals surface area contributed by atoms with E-state index in [0.29, 0.717) is 64.7 Å². The predicted octanol–water partition coefficient (Wildman–Crippen LogP) is 5.93. The molecule has 2 aromatic carbocycles. The summed E-state index contributed by atoms with van der Waals surface area (Å²) in [5.74, 6) is 6.31. The van der Waals surface area contributed by atoms with Crippen LogP contribution in [0.1, 0.15) is 33.7 Å². The number of hydrazine groups is 1. The minimum absolute atomic E-state index is 0.256. The van der Waals surface area contributed by atoms with E-state index in [4.69, 9.17) is 38.8 Å².